The quantitative estimate of drug-likeness (QED) is 0.826. The first-order chi connectivity index (χ1) is 8.04. The number of carbonyl (C=O) groups is 2. The lowest BCUT2D eigenvalue weighted by atomic mass is 10.1. The minimum Gasteiger partial charge on any atom is -0.481 e. The van der Waals surface area contributed by atoms with Crippen LogP contribution in [0.15, 0.2) is 0 Å². The maximum atomic E-state index is 12.1. The van der Waals surface area contributed by atoms with Crippen LogP contribution in [0.3, 0.4) is 0 Å². The molecule has 0 aromatic heterocycles. The Kier molecular flexibility index (Phi) is 6.19. The number of hydrogen-bond acceptors (Lipinski definition) is 4. The molecule has 1 N–H and O–H groups in total. The van der Waals surface area contributed by atoms with Crippen molar-refractivity contribution < 1.29 is 14.7 Å². The molecule has 6 heteroatoms. The van der Waals surface area contributed by atoms with E-state index in [2.05, 4.69) is 0 Å². The SMILES string of the molecule is CSC(C)CC(=O)N1CCSCC1CC(=O)O. The number of hydrogen-bond donors (Lipinski definition) is 1. The van der Waals surface area contributed by atoms with E-state index < -0.39 is 5.97 Å². The van der Waals surface area contributed by atoms with Crippen LogP contribution in [0.5, 0.6) is 0 Å². The Bertz CT molecular complexity index is 286. The lowest BCUT2D eigenvalue weighted by Crippen LogP contribution is -2.47. The third-order valence-electron chi connectivity index (χ3n) is 2.82. The first-order valence-corrected chi connectivity index (χ1v) is 8.10. The van der Waals surface area contributed by atoms with Crippen LogP contribution in [0.1, 0.15) is 19.8 Å². The molecule has 1 rings (SSSR count). The lowest BCUT2D eigenvalue weighted by molar-refractivity contribution is -0.140. The van der Waals surface area contributed by atoms with Gasteiger partial charge in [-0.1, -0.05) is 6.92 Å². The van der Waals surface area contributed by atoms with Gasteiger partial charge >= 0.3 is 5.97 Å². The molecule has 1 saturated heterocycles. The van der Waals surface area contributed by atoms with Crippen molar-refractivity contribution in [2.75, 3.05) is 24.3 Å². The first-order valence-electron chi connectivity index (χ1n) is 5.66. The minimum atomic E-state index is -0.826. The van der Waals surface area contributed by atoms with Gasteiger partial charge in [0.25, 0.3) is 0 Å². The molecule has 1 aliphatic heterocycles. The molecule has 0 radical (unpaired) electrons. The Labute approximate surface area is 111 Å². The largest absolute Gasteiger partial charge is 0.481 e. The predicted octanol–water partition coefficient (Wildman–Crippen LogP) is 1.55. The topological polar surface area (TPSA) is 57.6 Å². The second-order valence-corrected chi connectivity index (χ2v) is 6.59. The fraction of sp³-hybridized carbons (Fsp3) is 0.818. The zero-order valence-electron chi connectivity index (χ0n) is 10.2. The fourth-order valence-electron chi connectivity index (χ4n) is 1.80. The van der Waals surface area contributed by atoms with Crippen molar-refractivity contribution in [3.8, 4) is 0 Å². The van der Waals surface area contributed by atoms with Crippen molar-refractivity contribution >= 4 is 35.4 Å². The average molecular weight is 277 g/mol. The van der Waals surface area contributed by atoms with E-state index in [1.54, 1.807) is 28.4 Å². The summed E-state index contributed by atoms with van der Waals surface area (Å²) in [5.74, 6) is 0.924. The molecular weight excluding hydrogens is 258 g/mol. The standard InChI is InChI=1S/C11H19NO3S2/c1-8(16-2)5-10(13)12-3-4-17-7-9(12)6-11(14)15/h8-9H,3-7H2,1-2H3,(H,14,15). The van der Waals surface area contributed by atoms with E-state index in [-0.39, 0.29) is 18.4 Å². The first kappa shape index (κ1) is 14.7. The number of carboxylic acids is 1. The highest BCUT2D eigenvalue weighted by Crippen LogP contribution is 2.21. The van der Waals surface area contributed by atoms with Gasteiger partial charge in [0.1, 0.15) is 0 Å². The highest BCUT2D eigenvalue weighted by atomic mass is 32.2. The molecule has 0 saturated carbocycles. The molecule has 0 bridgehead atoms. The summed E-state index contributed by atoms with van der Waals surface area (Å²) in [6.07, 6.45) is 2.55. The Balaban J connectivity index is 2.57. The summed E-state index contributed by atoms with van der Waals surface area (Å²) in [5.41, 5.74) is 0. The van der Waals surface area contributed by atoms with Crippen LogP contribution < -0.4 is 0 Å². The van der Waals surface area contributed by atoms with Crippen molar-refractivity contribution in [3.63, 3.8) is 0 Å². The van der Waals surface area contributed by atoms with E-state index >= 15 is 0 Å². The van der Waals surface area contributed by atoms with Crippen LogP contribution in [-0.4, -0.2) is 57.5 Å². The van der Waals surface area contributed by atoms with E-state index in [9.17, 15) is 9.59 Å². The Hall–Kier alpha value is -0.360. The highest BCUT2D eigenvalue weighted by molar-refractivity contribution is 7.99. The zero-order chi connectivity index (χ0) is 12.8. The molecule has 0 aliphatic carbocycles. The summed E-state index contributed by atoms with van der Waals surface area (Å²) in [7, 11) is 0. The molecule has 1 heterocycles. The predicted molar refractivity (Wildman–Crippen MR) is 72.7 cm³/mol. The molecule has 17 heavy (non-hydrogen) atoms. The van der Waals surface area contributed by atoms with Crippen molar-refractivity contribution in [2.45, 2.75) is 31.1 Å². The van der Waals surface area contributed by atoms with Gasteiger partial charge in [0.2, 0.25) is 5.91 Å². The summed E-state index contributed by atoms with van der Waals surface area (Å²) in [6, 6.07) is -0.132. The minimum absolute atomic E-state index is 0.0619. The summed E-state index contributed by atoms with van der Waals surface area (Å²) in [6.45, 7) is 2.70. The van der Waals surface area contributed by atoms with E-state index in [0.717, 1.165) is 11.5 Å². The Morgan fingerprint density at radius 2 is 2.29 bits per heavy atom. The lowest BCUT2D eigenvalue weighted by Gasteiger charge is -2.35. The second-order valence-electron chi connectivity index (χ2n) is 4.16. The van der Waals surface area contributed by atoms with Crippen LogP contribution in [0.25, 0.3) is 0 Å². The van der Waals surface area contributed by atoms with Gasteiger partial charge in [-0.2, -0.15) is 23.5 Å². The van der Waals surface area contributed by atoms with Crippen molar-refractivity contribution in [3.05, 3.63) is 0 Å². The van der Waals surface area contributed by atoms with E-state index in [1.165, 1.54) is 0 Å². The zero-order valence-corrected chi connectivity index (χ0v) is 11.9. The number of rotatable bonds is 5. The number of carboxylic acid groups (broad SMARTS) is 1. The third kappa shape index (κ3) is 4.79. The Morgan fingerprint density at radius 3 is 2.88 bits per heavy atom. The van der Waals surface area contributed by atoms with E-state index in [1.807, 2.05) is 13.2 Å². The maximum Gasteiger partial charge on any atom is 0.305 e. The molecule has 1 amide bonds. The molecule has 98 valence electrons. The van der Waals surface area contributed by atoms with Gasteiger partial charge in [-0.15, -0.1) is 0 Å². The van der Waals surface area contributed by atoms with Crippen molar-refractivity contribution in [1.82, 2.24) is 4.90 Å². The number of nitrogens with zero attached hydrogens (tertiary/aromatic N) is 1. The molecule has 0 aromatic carbocycles. The maximum absolute atomic E-state index is 12.1. The molecule has 1 aliphatic rings. The monoisotopic (exact) mass is 277 g/mol. The number of thioether (sulfide) groups is 2. The summed E-state index contributed by atoms with van der Waals surface area (Å²) >= 11 is 3.39. The second kappa shape index (κ2) is 7.16. The third-order valence-corrected chi connectivity index (χ3v) is 4.89. The van der Waals surface area contributed by atoms with Crippen LogP contribution in [0.4, 0.5) is 0 Å². The van der Waals surface area contributed by atoms with Gasteiger partial charge < -0.3 is 10.0 Å². The van der Waals surface area contributed by atoms with Crippen LogP contribution in [-0.2, 0) is 9.59 Å². The van der Waals surface area contributed by atoms with Crippen LogP contribution in [0.2, 0.25) is 0 Å². The summed E-state index contributed by atoms with van der Waals surface area (Å²) < 4.78 is 0. The molecule has 2 unspecified atom stereocenters. The van der Waals surface area contributed by atoms with Gasteiger partial charge in [-0.25, -0.2) is 0 Å². The van der Waals surface area contributed by atoms with Gasteiger partial charge in [0, 0.05) is 29.7 Å². The smallest absolute Gasteiger partial charge is 0.305 e. The van der Waals surface area contributed by atoms with E-state index in [4.69, 9.17) is 5.11 Å². The number of aliphatic carboxylic acids is 1. The Morgan fingerprint density at radius 1 is 1.59 bits per heavy atom. The number of carbonyl (C=O) groups excluding carboxylic acids is 1. The molecular formula is C11H19NO3S2. The molecule has 0 spiro atoms. The molecule has 4 nitrogen and oxygen atoms in total. The van der Waals surface area contributed by atoms with E-state index in [0.29, 0.717) is 18.2 Å². The summed E-state index contributed by atoms with van der Waals surface area (Å²) in [4.78, 5) is 24.6. The van der Waals surface area contributed by atoms with Gasteiger partial charge in [-0.05, 0) is 6.26 Å². The van der Waals surface area contributed by atoms with Gasteiger partial charge in [0.15, 0.2) is 0 Å². The highest BCUT2D eigenvalue weighted by Gasteiger charge is 2.29. The summed E-state index contributed by atoms with van der Waals surface area (Å²) in [5, 5.41) is 9.14. The average Bonchev–Trinajstić information content (AvgIpc) is 2.28. The van der Waals surface area contributed by atoms with Crippen molar-refractivity contribution in [2.24, 2.45) is 0 Å². The molecule has 2 atom stereocenters. The van der Waals surface area contributed by atoms with Crippen LogP contribution in [0, 0.1) is 0 Å². The van der Waals surface area contributed by atoms with Gasteiger partial charge in [0.05, 0.1) is 12.5 Å². The van der Waals surface area contributed by atoms with Crippen LogP contribution >= 0.6 is 23.5 Å². The fourth-order valence-corrected chi connectivity index (χ4v) is 3.17. The normalized spacial score (nSPS) is 22.2. The van der Waals surface area contributed by atoms with Gasteiger partial charge in [-0.3, -0.25) is 9.59 Å². The molecule has 1 fully saturated rings. The van der Waals surface area contributed by atoms with Crippen molar-refractivity contribution in [1.29, 1.82) is 0 Å². The number of amides is 1. The molecule has 0 aromatic rings.